The van der Waals surface area contributed by atoms with Crippen LogP contribution in [0.15, 0.2) is 29.2 Å². The van der Waals surface area contributed by atoms with Crippen molar-refractivity contribution in [1.82, 2.24) is 10.3 Å². The number of pyridine rings is 1. The molecule has 1 saturated heterocycles. The van der Waals surface area contributed by atoms with E-state index in [1.54, 1.807) is 6.07 Å². The van der Waals surface area contributed by atoms with Crippen LogP contribution in [0.3, 0.4) is 0 Å². The van der Waals surface area contributed by atoms with E-state index in [0.717, 1.165) is 31.7 Å². The molecular weight excluding hydrogens is 282 g/mol. The maximum Gasteiger partial charge on any atom is 0.341 e. The number of H-pyrrole nitrogens is 1. The lowest BCUT2D eigenvalue weighted by Crippen LogP contribution is -2.58. The average molecular weight is 301 g/mol. The van der Waals surface area contributed by atoms with Gasteiger partial charge in [-0.3, -0.25) is 4.79 Å². The smallest absolute Gasteiger partial charge is 0.341 e. The predicted molar refractivity (Wildman–Crippen MR) is 85.8 cm³/mol. The number of carbonyl (C=O) groups is 1. The summed E-state index contributed by atoms with van der Waals surface area (Å²) in [5.41, 5.74) is 1.03. The van der Waals surface area contributed by atoms with E-state index in [1.165, 1.54) is 6.20 Å². The Morgan fingerprint density at radius 2 is 2.23 bits per heavy atom. The Labute approximate surface area is 127 Å². The van der Waals surface area contributed by atoms with Crippen molar-refractivity contribution in [2.75, 3.05) is 24.5 Å². The topological polar surface area (TPSA) is 85.4 Å². The Morgan fingerprint density at radius 1 is 1.45 bits per heavy atom. The molecule has 3 N–H and O–H groups in total. The molecule has 6 nitrogen and oxygen atoms in total. The highest BCUT2D eigenvalue weighted by atomic mass is 16.4. The Bertz CT molecular complexity index is 763. The van der Waals surface area contributed by atoms with Crippen LogP contribution in [0.25, 0.3) is 10.9 Å². The molecule has 0 bridgehead atoms. The molecule has 1 aromatic carbocycles. The first-order valence-electron chi connectivity index (χ1n) is 7.47. The number of aromatic carboxylic acids is 1. The van der Waals surface area contributed by atoms with Gasteiger partial charge in [0.05, 0.1) is 5.52 Å². The third-order valence-corrected chi connectivity index (χ3v) is 4.02. The summed E-state index contributed by atoms with van der Waals surface area (Å²) < 4.78 is 0. The molecule has 0 radical (unpaired) electrons. The summed E-state index contributed by atoms with van der Waals surface area (Å²) in [5, 5.41) is 12.9. The second-order valence-electron chi connectivity index (χ2n) is 5.62. The molecule has 1 fully saturated rings. The van der Waals surface area contributed by atoms with Crippen LogP contribution in [0.5, 0.6) is 0 Å². The van der Waals surface area contributed by atoms with Crippen molar-refractivity contribution in [3.63, 3.8) is 0 Å². The van der Waals surface area contributed by atoms with Crippen LogP contribution in [-0.4, -0.2) is 41.7 Å². The summed E-state index contributed by atoms with van der Waals surface area (Å²) in [6, 6.07) is 5.99. The van der Waals surface area contributed by atoms with E-state index in [4.69, 9.17) is 5.11 Å². The van der Waals surface area contributed by atoms with Crippen LogP contribution in [0, 0.1) is 0 Å². The van der Waals surface area contributed by atoms with Crippen molar-refractivity contribution in [2.24, 2.45) is 0 Å². The molecule has 0 aliphatic carbocycles. The number of aromatic nitrogens is 1. The number of aromatic amines is 1. The second-order valence-corrected chi connectivity index (χ2v) is 5.62. The van der Waals surface area contributed by atoms with Crippen molar-refractivity contribution < 1.29 is 9.90 Å². The minimum atomic E-state index is -1.21. The number of anilines is 1. The van der Waals surface area contributed by atoms with E-state index in [9.17, 15) is 9.59 Å². The first-order chi connectivity index (χ1) is 10.6. The van der Waals surface area contributed by atoms with Crippen LogP contribution < -0.4 is 15.6 Å². The van der Waals surface area contributed by atoms with Gasteiger partial charge in [-0.05, 0) is 31.2 Å². The van der Waals surface area contributed by atoms with Gasteiger partial charge in [0.25, 0.3) is 0 Å². The van der Waals surface area contributed by atoms with Crippen LogP contribution in [0.1, 0.15) is 23.7 Å². The predicted octanol–water partition coefficient (Wildman–Crippen LogP) is 1.41. The SMILES string of the molecule is CCCNC1CN(c2ccc3c(=O)c(C(=O)O)c[nH]c3c2)C1. The zero-order chi connectivity index (χ0) is 15.7. The lowest BCUT2D eigenvalue weighted by atomic mass is 10.1. The van der Waals surface area contributed by atoms with Gasteiger partial charge in [-0.15, -0.1) is 0 Å². The third-order valence-electron chi connectivity index (χ3n) is 4.02. The number of carboxylic acids is 1. The number of nitrogens with one attached hydrogen (secondary N) is 2. The lowest BCUT2D eigenvalue weighted by Gasteiger charge is -2.41. The molecule has 0 atom stereocenters. The second kappa shape index (κ2) is 5.81. The van der Waals surface area contributed by atoms with Crippen LogP contribution in [0.2, 0.25) is 0 Å². The zero-order valence-corrected chi connectivity index (χ0v) is 12.4. The molecule has 3 rings (SSSR count). The van der Waals surface area contributed by atoms with Gasteiger partial charge < -0.3 is 20.3 Å². The standard InChI is InChI=1S/C16H19N3O3/c1-2-5-17-10-8-19(9-10)11-3-4-12-14(6-11)18-7-13(15(12)20)16(21)22/h3-4,6-7,10,17H,2,5,8-9H2,1H3,(H,18,20)(H,21,22). The molecule has 0 saturated carbocycles. The fourth-order valence-electron chi connectivity index (χ4n) is 2.73. The molecule has 116 valence electrons. The van der Waals surface area contributed by atoms with Crippen LogP contribution in [0.4, 0.5) is 5.69 Å². The third kappa shape index (κ3) is 2.57. The van der Waals surface area contributed by atoms with Gasteiger partial charge in [0.1, 0.15) is 5.56 Å². The number of hydrogen-bond acceptors (Lipinski definition) is 4. The molecule has 2 aromatic rings. The zero-order valence-electron chi connectivity index (χ0n) is 12.4. The molecule has 0 spiro atoms. The molecule has 1 aliphatic heterocycles. The first-order valence-corrected chi connectivity index (χ1v) is 7.47. The van der Waals surface area contributed by atoms with E-state index in [1.807, 2.05) is 12.1 Å². The van der Waals surface area contributed by atoms with Gasteiger partial charge >= 0.3 is 5.97 Å². The maximum absolute atomic E-state index is 12.1. The van der Waals surface area contributed by atoms with E-state index in [2.05, 4.69) is 22.1 Å². The highest BCUT2D eigenvalue weighted by Gasteiger charge is 2.26. The number of fused-ring (bicyclic) bond motifs is 1. The number of benzene rings is 1. The van der Waals surface area contributed by atoms with Gasteiger partial charge in [-0.2, -0.15) is 0 Å². The monoisotopic (exact) mass is 301 g/mol. The van der Waals surface area contributed by atoms with E-state index in [0.29, 0.717) is 16.9 Å². The number of carboxylic acid groups (broad SMARTS) is 1. The minimum absolute atomic E-state index is 0.229. The summed E-state index contributed by atoms with van der Waals surface area (Å²) in [5.74, 6) is -1.21. The molecule has 1 aliphatic rings. The fourth-order valence-corrected chi connectivity index (χ4v) is 2.73. The number of hydrogen-bond donors (Lipinski definition) is 3. The number of rotatable bonds is 5. The highest BCUT2D eigenvalue weighted by Crippen LogP contribution is 2.23. The summed E-state index contributed by atoms with van der Waals surface area (Å²) in [6.45, 7) is 5.07. The van der Waals surface area contributed by atoms with Crippen LogP contribution >= 0.6 is 0 Å². The van der Waals surface area contributed by atoms with Gasteiger partial charge in [-0.1, -0.05) is 6.92 Å². The van der Waals surface area contributed by atoms with Crippen molar-refractivity contribution in [3.05, 3.63) is 40.2 Å². The molecule has 2 heterocycles. The van der Waals surface area contributed by atoms with E-state index >= 15 is 0 Å². The first kappa shape index (κ1) is 14.6. The van der Waals surface area contributed by atoms with Crippen molar-refractivity contribution in [2.45, 2.75) is 19.4 Å². The van der Waals surface area contributed by atoms with E-state index < -0.39 is 11.4 Å². The summed E-state index contributed by atoms with van der Waals surface area (Å²) >= 11 is 0. The average Bonchev–Trinajstić information content (AvgIpc) is 2.45. The van der Waals surface area contributed by atoms with E-state index in [-0.39, 0.29) is 5.56 Å². The Hall–Kier alpha value is -2.34. The van der Waals surface area contributed by atoms with Crippen molar-refractivity contribution in [1.29, 1.82) is 0 Å². The maximum atomic E-state index is 12.1. The Balaban J connectivity index is 1.82. The normalized spacial score (nSPS) is 15.0. The largest absolute Gasteiger partial charge is 0.477 e. The minimum Gasteiger partial charge on any atom is -0.477 e. The van der Waals surface area contributed by atoms with Gasteiger partial charge in [0.2, 0.25) is 5.43 Å². The summed E-state index contributed by atoms with van der Waals surface area (Å²) in [4.78, 5) is 28.2. The van der Waals surface area contributed by atoms with Crippen molar-refractivity contribution in [3.8, 4) is 0 Å². The van der Waals surface area contributed by atoms with Crippen LogP contribution in [-0.2, 0) is 0 Å². The molecule has 0 amide bonds. The highest BCUT2D eigenvalue weighted by molar-refractivity contribution is 5.93. The van der Waals surface area contributed by atoms with Gasteiger partial charge in [-0.25, -0.2) is 4.79 Å². The molecule has 1 aromatic heterocycles. The number of nitrogens with zero attached hydrogens (tertiary/aromatic N) is 1. The molecule has 0 unspecified atom stereocenters. The van der Waals surface area contributed by atoms with Gasteiger partial charge in [0.15, 0.2) is 0 Å². The Morgan fingerprint density at radius 3 is 2.91 bits per heavy atom. The van der Waals surface area contributed by atoms with Crippen molar-refractivity contribution >= 4 is 22.6 Å². The van der Waals surface area contributed by atoms with Gasteiger partial charge in [0, 0.05) is 36.4 Å². The summed E-state index contributed by atoms with van der Waals surface area (Å²) in [6.07, 6.45) is 2.39. The Kier molecular flexibility index (Phi) is 3.85. The fraction of sp³-hybridized carbons (Fsp3) is 0.375. The molecule has 6 heteroatoms. The summed E-state index contributed by atoms with van der Waals surface area (Å²) in [7, 11) is 0. The lowest BCUT2D eigenvalue weighted by molar-refractivity contribution is 0.0695. The molecule has 22 heavy (non-hydrogen) atoms. The quantitative estimate of drug-likeness (QED) is 0.777. The molecular formula is C16H19N3O3.